The molecule has 0 radical (unpaired) electrons. The van der Waals surface area contributed by atoms with Gasteiger partial charge in [0.05, 0.1) is 0 Å². The van der Waals surface area contributed by atoms with Crippen molar-refractivity contribution in [1.82, 2.24) is 0 Å². The van der Waals surface area contributed by atoms with Crippen LogP contribution in [0.2, 0.25) is 0 Å². The summed E-state index contributed by atoms with van der Waals surface area (Å²) in [6, 6.07) is 8.47. The largest absolute Gasteiger partial charge is 0.126 e. The molecule has 0 amide bonds. The minimum Gasteiger partial charge on any atom is -0.126 e. The molecule has 0 aromatic heterocycles. The SMILES string of the molecule is Cc1ccccc1SC[C@H](C)CCl. The lowest BCUT2D eigenvalue weighted by Crippen LogP contribution is -1.99. The van der Waals surface area contributed by atoms with Crippen LogP contribution in [0.1, 0.15) is 12.5 Å². The Morgan fingerprint density at radius 2 is 2.08 bits per heavy atom. The molecule has 0 fully saturated rings. The van der Waals surface area contributed by atoms with E-state index < -0.39 is 0 Å². The molecule has 1 aromatic carbocycles. The summed E-state index contributed by atoms with van der Waals surface area (Å²) in [6.07, 6.45) is 0. The van der Waals surface area contributed by atoms with Gasteiger partial charge in [-0.15, -0.1) is 23.4 Å². The van der Waals surface area contributed by atoms with Crippen LogP contribution in [0.25, 0.3) is 0 Å². The lowest BCUT2D eigenvalue weighted by Gasteiger charge is -2.08. The molecule has 0 bridgehead atoms. The third-order valence-electron chi connectivity index (χ3n) is 1.88. The average Bonchev–Trinajstić information content (AvgIpc) is 2.16. The highest BCUT2D eigenvalue weighted by atomic mass is 35.5. The third kappa shape index (κ3) is 3.61. The summed E-state index contributed by atoms with van der Waals surface area (Å²) in [6.45, 7) is 4.33. The fourth-order valence-corrected chi connectivity index (χ4v) is 2.29. The quantitative estimate of drug-likeness (QED) is 0.540. The van der Waals surface area contributed by atoms with E-state index in [-0.39, 0.29) is 0 Å². The zero-order valence-electron chi connectivity index (χ0n) is 8.09. The first-order chi connectivity index (χ1) is 6.24. The molecule has 13 heavy (non-hydrogen) atoms. The highest BCUT2D eigenvalue weighted by Crippen LogP contribution is 2.24. The van der Waals surface area contributed by atoms with Crippen LogP contribution in [0, 0.1) is 12.8 Å². The van der Waals surface area contributed by atoms with Crippen molar-refractivity contribution >= 4 is 23.4 Å². The van der Waals surface area contributed by atoms with Crippen molar-refractivity contribution in [3.63, 3.8) is 0 Å². The van der Waals surface area contributed by atoms with E-state index in [4.69, 9.17) is 11.6 Å². The van der Waals surface area contributed by atoms with Crippen molar-refractivity contribution in [2.45, 2.75) is 18.7 Å². The second-order valence-corrected chi connectivity index (χ2v) is 4.71. The van der Waals surface area contributed by atoms with Crippen LogP contribution in [0.5, 0.6) is 0 Å². The van der Waals surface area contributed by atoms with Crippen LogP contribution in [0.3, 0.4) is 0 Å². The smallest absolute Gasteiger partial charge is 0.0257 e. The van der Waals surface area contributed by atoms with Crippen LogP contribution in [0.15, 0.2) is 29.2 Å². The first kappa shape index (κ1) is 10.9. The Morgan fingerprint density at radius 1 is 1.38 bits per heavy atom. The van der Waals surface area contributed by atoms with Crippen molar-refractivity contribution in [3.05, 3.63) is 29.8 Å². The molecule has 72 valence electrons. The maximum absolute atomic E-state index is 5.74. The number of alkyl halides is 1. The van der Waals surface area contributed by atoms with Crippen LogP contribution < -0.4 is 0 Å². The molecule has 2 heteroatoms. The third-order valence-corrected chi connectivity index (χ3v) is 3.91. The number of halogens is 1. The fourth-order valence-electron chi connectivity index (χ4n) is 0.995. The zero-order valence-corrected chi connectivity index (χ0v) is 9.66. The zero-order chi connectivity index (χ0) is 9.68. The predicted octanol–water partition coefficient (Wildman–Crippen LogP) is 3.96. The van der Waals surface area contributed by atoms with Gasteiger partial charge in [0, 0.05) is 16.5 Å². The minimum atomic E-state index is 0.589. The predicted molar refractivity (Wildman–Crippen MR) is 61.8 cm³/mol. The molecule has 0 saturated heterocycles. The number of thioether (sulfide) groups is 1. The molecule has 0 nitrogen and oxygen atoms in total. The highest BCUT2D eigenvalue weighted by molar-refractivity contribution is 7.99. The van der Waals surface area contributed by atoms with E-state index >= 15 is 0 Å². The minimum absolute atomic E-state index is 0.589. The monoisotopic (exact) mass is 214 g/mol. The molecule has 0 aliphatic heterocycles. The second kappa shape index (κ2) is 5.56. The molecule has 1 aromatic rings. The second-order valence-electron chi connectivity index (χ2n) is 3.34. The Bertz CT molecular complexity index is 260. The molecular formula is C11H15ClS. The topological polar surface area (TPSA) is 0 Å². The number of rotatable bonds is 4. The van der Waals surface area contributed by atoms with Gasteiger partial charge in [-0.3, -0.25) is 0 Å². The summed E-state index contributed by atoms with van der Waals surface area (Å²) in [5.41, 5.74) is 1.36. The van der Waals surface area contributed by atoms with Gasteiger partial charge >= 0.3 is 0 Å². The molecule has 1 rings (SSSR count). The standard InChI is InChI=1S/C11H15ClS/c1-9(7-12)8-13-11-6-4-3-5-10(11)2/h3-6,9H,7-8H2,1-2H3/t9-/m1/s1. The Balaban J connectivity index is 2.50. The van der Waals surface area contributed by atoms with Crippen LogP contribution in [0.4, 0.5) is 0 Å². The van der Waals surface area contributed by atoms with E-state index in [9.17, 15) is 0 Å². The number of benzene rings is 1. The van der Waals surface area contributed by atoms with Gasteiger partial charge in [0.15, 0.2) is 0 Å². The normalized spacial score (nSPS) is 12.8. The molecular weight excluding hydrogens is 200 g/mol. The van der Waals surface area contributed by atoms with E-state index in [2.05, 4.69) is 38.1 Å². The van der Waals surface area contributed by atoms with Crippen molar-refractivity contribution in [2.24, 2.45) is 5.92 Å². The van der Waals surface area contributed by atoms with E-state index in [1.807, 2.05) is 11.8 Å². The van der Waals surface area contributed by atoms with Gasteiger partial charge in [-0.2, -0.15) is 0 Å². The van der Waals surface area contributed by atoms with Gasteiger partial charge in [-0.05, 0) is 24.5 Å². The van der Waals surface area contributed by atoms with Gasteiger partial charge in [0.2, 0.25) is 0 Å². The molecule has 0 heterocycles. The summed E-state index contributed by atoms with van der Waals surface area (Å²) in [4.78, 5) is 1.37. The first-order valence-electron chi connectivity index (χ1n) is 4.48. The van der Waals surface area contributed by atoms with E-state index in [1.165, 1.54) is 10.5 Å². The summed E-state index contributed by atoms with van der Waals surface area (Å²) in [7, 11) is 0. The lowest BCUT2D eigenvalue weighted by atomic mass is 10.2. The van der Waals surface area contributed by atoms with Crippen molar-refractivity contribution in [2.75, 3.05) is 11.6 Å². The maximum atomic E-state index is 5.74. The Labute approximate surface area is 89.7 Å². The van der Waals surface area contributed by atoms with Gasteiger partial charge in [-0.1, -0.05) is 25.1 Å². The maximum Gasteiger partial charge on any atom is 0.0257 e. The molecule has 0 N–H and O–H groups in total. The van der Waals surface area contributed by atoms with E-state index in [0.717, 1.165) is 11.6 Å². The van der Waals surface area contributed by atoms with Gasteiger partial charge in [0.25, 0.3) is 0 Å². The van der Waals surface area contributed by atoms with Crippen LogP contribution in [-0.2, 0) is 0 Å². The summed E-state index contributed by atoms with van der Waals surface area (Å²) in [5, 5.41) is 0. The van der Waals surface area contributed by atoms with Crippen LogP contribution in [-0.4, -0.2) is 11.6 Å². The summed E-state index contributed by atoms with van der Waals surface area (Å²) < 4.78 is 0. The molecule has 0 saturated carbocycles. The first-order valence-corrected chi connectivity index (χ1v) is 6.00. The summed E-state index contributed by atoms with van der Waals surface area (Å²) in [5.74, 6) is 2.44. The summed E-state index contributed by atoms with van der Waals surface area (Å²) >= 11 is 7.64. The van der Waals surface area contributed by atoms with E-state index in [0.29, 0.717) is 5.92 Å². The van der Waals surface area contributed by atoms with Crippen molar-refractivity contribution in [1.29, 1.82) is 0 Å². The van der Waals surface area contributed by atoms with Crippen molar-refractivity contribution < 1.29 is 0 Å². The van der Waals surface area contributed by atoms with Gasteiger partial charge < -0.3 is 0 Å². The number of hydrogen-bond acceptors (Lipinski definition) is 1. The molecule has 0 unspecified atom stereocenters. The molecule has 0 aliphatic carbocycles. The lowest BCUT2D eigenvalue weighted by molar-refractivity contribution is 0.759. The Kier molecular flexibility index (Phi) is 4.68. The molecule has 1 atom stereocenters. The van der Waals surface area contributed by atoms with E-state index in [1.54, 1.807) is 0 Å². The van der Waals surface area contributed by atoms with Gasteiger partial charge in [-0.25, -0.2) is 0 Å². The van der Waals surface area contributed by atoms with Crippen LogP contribution >= 0.6 is 23.4 Å². The molecule has 0 aliphatic rings. The van der Waals surface area contributed by atoms with Crippen molar-refractivity contribution in [3.8, 4) is 0 Å². The Hall–Kier alpha value is -0.140. The fraction of sp³-hybridized carbons (Fsp3) is 0.455. The number of aryl methyl sites for hydroxylation is 1. The highest BCUT2D eigenvalue weighted by Gasteiger charge is 2.02. The Morgan fingerprint density at radius 3 is 2.69 bits per heavy atom. The number of hydrogen-bond donors (Lipinski definition) is 0. The van der Waals surface area contributed by atoms with Gasteiger partial charge in [0.1, 0.15) is 0 Å². The average molecular weight is 215 g/mol. The molecule has 0 spiro atoms.